The molecule has 0 aliphatic carbocycles. The highest BCUT2D eigenvalue weighted by Crippen LogP contribution is 2.32. The molecule has 0 saturated carbocycles. The molecule has 0 radical (unpaired) electrons. The third-order valence-electron chi connectivity index (χ3n) is 6.34. The highest BCUT2D eigenvalue weighted by molar-refractivity contribution is 7.89. The molecule has 1 aliphatic rings. The molecule has 2 amide bonds. The largest absolute Gasteiger partial charge is 0.444 e. The first-order valence-corrected chi connectivity index (χ1v) is 18.3. The standard InChI is InChI=1S/C30H36FN3O6SSi/c1-30(2,3)39-29(36)32-25-14-9-22-18-27(28(35)33-40-42(4,5)6)34(19-23(22)17-25)41(37,38)26-15-10-21(11-16-26)20-7-12-24(31)13-8-20/h7-17,27H,18-19H2,1-6H3,(H,32,36)(H,33,35)/t27-/m1/s1. The normalized spacial score (nSPS) is 15.9. The fourth-order valence-electron chi connectivity index (χ4n) is 4.40. The number of halogens is 1. The van der Waals surface area contributed by atoms with Gasteiger partial charge in [-0.25, -0.2) is 23.1 Å². The number of carbonyl (C=O) groups excluding carboxylic acids is 2. The van der Waals surface area contributed by atoms with Gasteiger partial charge in [-0.05, 0) is 105 Å². The first kappa shape index (κ1) is 31.4. The molecular weight excluding hydrogens is 577 g/mol. The summed E-state index contributed by atoms with van der Waals surface area (Å²) in [7, 11) is -6.31. The van der Waals surface area contributed by atoms with Crippen LogP contribution in [0.25, 0.3) is 11.1 Å². The molecule has 4 rings (SSSR count). The second-order valence-electron chi connectivity index (χ2n) is 12.1. The fraction of sp³-hybridized carbons (Fsp3) is 0.333. The number of ether oxygens (including phenoxy) is 1. The van der Waals surface area contributed by atoms with Gasteiger partial charge in [0.25, 0.3) is 5.91 Å². The van der Waals surface area contributed by atoms with Crippen LogP contribution in [-0.4, -0.2) is 44.7 Å². The molecular formula is C30H36FN3O6SSi. The Morgan fingerprint density at radius 3 is 2.10 bits per heavy atom. The summed E-state index contributed by atoms with van der Waals surface area (Å²) >= 11 is 0. The Kier molecular flexibility index (Phi) is 8.93. The molecule has 3 aromatic rings. The lowest BCUT2D eigenvalue weighted by atomic mass is 9.95. The first-order chi connectivity index (χ1) is 19.5. The second-order valence-corrected chi connectivity index (χ2v) is 18.4. The van der Waals surface area contributed by atoms with E-state index in [9.17, 15) is 22.4 Å². The summed E-state index contributed by atoms with van der Waals surface area (Å²) in [6, 6.07) is 16.2. The predicted octanol–water partition coefficient (Wildman–Crippen LogP) is 5.84. The molecule has 9 nitrogen and oxygen atoms in total. The Morgan fingerprint density at radius 1 is 0.929 bits per heavy atom. The SMILES string of the molecule is CC(C)(C)OC(=O)Nc1ccc2c(c1)CN(S(=O)(=O)c1ccc(-c3ccc(F)cc3)cc1)[C@@H](C(=O)NO[Si](C)(C)C)C2. The van der Waals surface area contributed by atoms with E-state index in [1.807, 2.05) is 19.6 Å². The van der Waals surface area contributed by atoms with Gasteiger partial charge in [0.15, 0.2) is 0 Å². The topological polar surface area (TPSA) is 114 Å². The van der Waals surface area contributed by atoms with Crippen molar-refractivity contribution in [1.82, 2.24) is 9.79 Å². The molecule has 3 aromatic carbocycles. The summed E-state index contributed by atoms with van der Waals surface area (Å²) < 4.78 is 53.4. The number of fused-ring (bicyclic) bond motifs is 1. The molecule has 0 aromatic heterocycles. The van der Waals surface area contributed by atoms with Crippen molar-refractivity contribution in [2.24, 2.45) is 0 Å². The molecule has 1 aliphatic heterocycles. The highest BCUT2D eigenvalue weighted by Gasteiger charge is 2.40. The maximum Gasteiger partial charge on any atom is 0.412 e. The Balaban J connectivity index is 1.66. The van der Waals surface area contributed by atoms with E-state index in [-0.39, 0.29) is 23.7 Å². The first-order valence-electron chi connectivity index (χ1n) is 13.5. The molecule has 0 unspecified atom stereocenters. The van der Waals surface area contributed by atoms with E-state index in [4.69, 9.17) is 9.26 Å². The Bertz CT molecular complexity index is 1570. The maximum absolute atomic E-state index is 14.0. The third-order valence-corrected chi connectivity index (χ3v) is 8.92. The molecule has 42 heavy (non-hydrogen) atoms. The van der Waals surface area contributed by atoms with E-state index in [0.717, 1.165) is 15.4 Å². The van der Waals surface area contributed by atoms with Crippen molar-refractivity contribution in [3.63, 3.8) is 0 Å². The summed E-state index contributed by atoms with van der Waals surface area (Å²) in [5, 5.41) is 2.68. The van der Waals surface area contributed by atoms with Crippen molar-refractivity contribution in [2.45, 2.75) is 69.9 Å². The average Bonchev–Trinajstić information content (AvgIpc) is 2.90. The maximum atomic E-state index is 14.0. The van der Waals surface area contributed by atoms with E-state index >= 15 is 0 Å². The van der Waals surface area contributed by atoms with Gasteiger partial charge in [-0.1, -0.05) is 30.3 Å². The van der Waals surface area contributed by atoms with Crippen LogP contribution in [0.4, 0.5) is 14.9 Å². The molecule has 224 valence electrons. The lowest BCUT2D eigenvalue weighted by Crippen LogP contribution is -2.53. The lowest BCUT2D eigenvalue weighted by Gasteiger charge is -2.35. The van der Waals surface area contributed by atoms with Gasteiger partial charge in [-0.15, -0.1) is 0 Å². The van der Waals surface area contributed by atoms with Crippen LogP contribution in [-0.2, 0) is 37.0 Å². The molecule has 1 atom stereocenters. The molecule has 2 N–H and O–H groups in total. The highest BCUT2D eigenvalue weighted by atomic mass is 32.2. The Hall–Kier alpha value is -3.58. The van der Waals surface area contributed by atoms with Crippen molar-refractivity contribution >= 4 is 36.0 Å². The lowest BCUT2D eigenvalue weighted by molar-refractivity contribution is -0.132. The second kappa shape index (κ2) is 12.0. The predicted molar refractivity (Wildman–Crippen MR) is 161 cm³/mol. The summed E-state index contributed by atoms with van der Waals surface area (Å²) in [4.78, 5) is 25.7. The van der Waals surface area contributed by atoms with Gasteiger partial charge in [0.05, 0.1) is 4.90 Å². The monoisotopic (exact) mass is 613 g/mol. The van der Waals surface area contributed by atoms with E-state index in [1.165, 1.54) is 24.3 Å². The van der Waals surface area contributed by atoms with Crippen LogP contribution in [0.2, 0.25) is 19.6 Å². The number of benzene rings is 3. The number of carbonyl (C=O) groups is 2. The minimum Gasteiger partial charge on any atom is -0.444 e. The number of hydroxylamine groups is 1. The quantitative estimate of drug-likeness (QED) is 0.256. The molecule has 0 bridgehead atoms. The van der Waals surface area contributed by atoms with Crippen molar-refractivity contribution in [1.29, 1.82) is 0 Å². The van der Waals surface area contributed by atoms with Crippen LogP contribution in [0.3, 0.4) is 0 Å². The minimum atomic E-state index is -4.16. The molecule has 1 heterocycles. The minimum absolute atomic E-state index is 0.00348. The van der Waals surface area contributed by atoms with E-state index in [2.05, 4.69) is 10.8 Å². The zero-order valence-corrected chi connectivity index (χ0v) is 26.3. The summed E-state index contributed by atoms with van der Waals surface area (Å²) in [6.07, 6.45) is -0.528. The zero-order valence-electron chi connectivity index (χ0n) is 24.5. The van der Waals surface area contributed by atoms with E-state index < -0.39 is 42.0 Å². The summed E-state index contributed by atoms with van der Waals surface area (Å²) in [5.41, 5.74) is 5.10. The summed E-state index contributed by atoms with van der Waals surface area (Å²) in [6.45, 7) is 10.9. The van der Waals surface area contributed by atoms with Crippen LogP contribution in [0.1, 0.15) is 31.9 Å². The Labute approximate surface area is 247 Å². The fourth-order valence-corrected chi connectivity index (χ4v) is 6.38. The van der Waals surface area contributed by atoms with Crippen LogP contribution >= 0.6 is 0 Å². The van der Waals surface area contributed by atoms with Gasteiger partial charge in [0.1, 0.15) is 17.5 Å². The van der Waals surface area contributed by atoms with Gasteiger partial charge in [0, 0.05) is 12.2 Å². The molecule has 0 saturated heterocycles. The van der Waals surface area contributed by atoms with Crippen LogP contribution in [0.15, 0.2) is 71.6 Å². The molecule has 0 spiro atoms. The van der Waals surface area contributed by atoms with Crippen molar-refractivity contribution in [3.05, 3.63) is 83.7 Å². The molecule has 0 fully saturated rings. The number of rotatable bonds is 7. The number of hydrogen-bond donors (Lipinski definition) is 2. The van der Waals surface area contributed by atoms with Crippen molar-refractivity contribution < 1.29 is 31.7 Å². The smallest absolute Gasteiger partial charge is 0.412 e. The van der Waals surface area contributed by atoms with Crippen molar-refractivity contribution in [2.75, 3.05) is 5.32 Å². The Morgan fingerprint density at radius 2 is 1.52 bits per heavy atom. The summed E-state index contributed by atoms with van der Waals surface area (Å²) in [5.74, 6) is -0.930. The zero-order chi connectivity index (χ0) is 30.9. The van der Waals surface area contributed by atoms with E-state index in [0.29, 0.717) is 16.8 Å². The van der Waals surface area contributed by atoms with Crippen LogP contribution in [0, 0.1) is 5.82 Å². The number of amides is 2. The number of hydrogen-bond acceptors (Lipinski definition) is 6. The van der Waals surface area contributed by atoms with Gasteiger partial charge >= 0.3 is 6.09 Å². The van der Waals surface area contributed by atoms with E-state index in [1.54, 1.807) is 63.2 Å². The molecule has 12 heteroatoms. The van der Waals surface area contributed by atoms with Crippen LogP contribution in [0.5, 0.6) is 0 Å². The van der Waals surface area contributed by atoms with Gasteiger partial charge in [-0.3, -0.25) is 10.1 Å². The van der Waals surface area contributed by atoms with Gasteiger partial charge in [0.2, 0.25) is 18.3 Å². The number of nitrogens with zero attached hydrogens (tertiary/aromatic N) is 1. The number of nitrogens with one attached hydrogen (secondary N) is 2. The number of anilines is 1. The van der Waals surface area contributed by atoms with Crippen LogP contribution < -0.4 is 10.8 Å². The van der Waals surface area contributed by atoms with Gasteiger partial charge < -0.3 is 9.26 Å². The number of sulfonamides is 1. The average molecular weight is 614 g/mol. The van der Waals surface area contributed by atoms with Crippen molar-refractivity contribution in [3.8, 4) is 11.1 Å². The third kappa shape index (κ3) is 7.82. The van der Waals surface area contributed by atoms with Gasteiger partial charge in [-0.2, -0.15) is 4.31 Å².